The van der Waals surface area contributed by atoms with Crippen LogP contribution in [0.3, 0.4) is 0 Å². The van der Waals surface area contributed by atoms with Crippen LogP contribution in [0.25, 0.3) is 0 Å². The molecule has 0 saturated heterocycles. The molecule has 2 aromatic rings. The maximum atomic E-state index is 4.18. The van der Waals surface area contributed by atoms with Gasteiger partial charge < -0.3 is 5.32 Å². The first kappa shape index (κ1) is 13.8. The molecular formula is C17H22N2. The van der Waals surface area contributed by atoms with Gasteiger partial charge in [0.2, 0.25) is 0 Å². The predicted octanol–water partition coefficient (Wildman–Crippen LogP) is 3.07. The molecule has 1 aromatic heterocycles. The third-order valence-electron chi connectivity index (χ3n) is 3.38. The number of hydrogen-bond acceptors (Lipinski definition) is 2. The van der Waals surface area contributed by atoms with Crippen molar-refractivity contribution in [2.45, 2.75) is 32.7 Å². The van der Waals surface area contributed by atoms with Crippen molar-refractivity contribution >= 4 is 0 Å². The second-order valence-corrected chi connectivity index (χ2v) is 5.25. The standard InChI is InChI=1S/C17H22N2/c1-13-7-14(2)9-16(8-13)11-17(18-3)10-15-5-4-6-19-12-15/h4-9,12,17-18H,10-11H2,1-3H3. The Morgan fingerprint density at radius 2 is 1.74 bits per heavy atom. The van der Waals surface area contributed by atoms with E-state index in [-0.39, 0.29) is 0 Å². The van der Waals surface area contributed by atoms with Gasteiger partial charge >= 0.3 is 0 Å². The minimum absolute atomic E-state index is 0.449. The summed E-state index contributed by atoms with van der Waals surface area (Å²) >= 11 is 0. The van der Waals surface area contributed by atoms with Gasteiger partial charge in [-0.15, -0.1) is 0 Å². The van der Waals surface area contributed by atoms with Crippen molar-refractivity contribution < 1.29 is 0 Å². The largest absolute Gasteiger partial charge is 0.316 e. The Balaban J connectivity index is 2.06. The van der Waals surface area contributed by atoms with Crippen LogP contribution >= 0.6 is 0 Å². The molecule has 1 atom stereocenters. The van der Waals surface area contributed by atoms with E-state index in [0.717, 1.165) is 12.8 Å². The summed E-state index contributed by atoms with van der Waals surface area (Å²) in [6.45, 7) is 4.32. The lowest BCUT2D eigenvalue weighted by Gasteiger charge is -2.17. The molecule has 2 nitrogen and oxygen atoms in total. The summed E-state index contributed by atoms with van der Waals surface area (Å²) in [6, 6.07) is 11.4. The Morgan fingerprint density at radius 1 is 1.05 bits per heavy atom. The molecular weight excluding hydrogens is 232 g/mol. The smallest absolute Gasteiger partial charge is 0.0300 e. The monoisotopic (exact) mass is 254 g/mol. The Kier molecular flexibility index (Phi) is 4.69. The highest BCUT2D eigenvalue weighted by atomic mass is 14.9. The van der Waals surface area contributed by atoms with E-state index in [0.29, 0.717) is 6.04 Å². The molecule has 0 saturated carbocycles. The molecule has 19 heavy (non-hydrogen) atoms. The summed E-state index contributed by atoms with van der Waals surface area (Å²) < 4.78 is 0. The van der Waals surface area contributed by atoms with Gasteiger partial charge in [0, 0.05) is 18.4 Å². The molecule has 0 aliphatic heterocycles. The third-order valence-corrected chi connectivity index (χ3v) is 3.38. The summed E-state index contributed by atoms with van der Waals surface area (Å²) in [6.07, 6.45) is 5.83. The van der Waals surface area contributed by atoms with Crippen LogP contribution in [0, 0.1) is 13.8 Å². The highest BCUT2D eigenvalue weighted by molar-refractivity contribution is 5.29. The van der Waals surface area contributed by atoms with Gasteiger partial charge in [0.05, 0.1) is 0 Å². The molecule has 1 heterocycles. The van der Waals surface area contributed by atoms with Crippen LogP contribution in [0.5, 0.6) is 0 Å². The number of pyridine rings is 1. The van der Waals surface area contributed by atoms with Crippen molar-refractivity contribution in [1.82, 2.24) is 10.3 Å². The zero-order chi connectivity index (χ0) is 13.7. The molecule has 100 valence electrons. The van der Waals surface area contributed by atoms with Crippen LogP contribution in [0.1, 0.15) is 22.3 Å². The molecule has 0 fully saturated rings. The minimum atomic E-state index is 0.449. The predicted molar refractivity (Wildman–Crippen MR) is 80.4 cm³/mol. The Hall–Kier alpha value is -1.67. The maximum Gasteiger partial charge on any atom is 0.0300 e. The van der Waals surface area contributed by atoms with Crippen LogP contribution in [0.4, 0.5) is 0 Å². The zero-order valence-corrected chi connectivity index (χ0v) is 12.0. The Labute approximate surface area is 115 Å². The Morgan fingerprint density at radius 3 is 2.32 bits per heavy atom. The first-order chi connectivity index (χ1) is 9.17. The van der Waals surface area contributed by atoms with Gasteiger partial charge in [0.25, 0.3) is 0 Å². The van der Waals surface area contributed by atoms with E-state index in [4.69, 9.17) is 0 Å². The van der Waals surface area contributed by atoms with Gasteiger partial charge in [0.15, 0.2) is 0 Å². The molecule has 0 amide bonds. The number of hydrogen-bond donors (Lipinski definition) is 1. The quantitative estimate of drug-likeness (QED) is 0.887. The van der Waals surface area contributed by atoms with Gasteiger partial charge in [-0.1, -0.05) is 35.4 Å². The number of nitrogens with one attached hydrogen (secondary N) is 1. The van der Waals surface area contributed by atoms with Crippen LogP contribution in [0.2, 0.25) is 0 Å². The molecule has 0 aliphatic carbocycles. The third kappa shape index (κ3) is 4.18. The number of rotatable bonds is 5. The number of benzene rings is 1. The van der Waals surface area contributed by atoms with Crippen LogP contribution in [-0.4, -0.2) is 18.1 Å². The average molecular weight is 254 g/mol. The molecule has 2 heteroatoms. The van der Waals surface area contributed by atoms with Crippen molar-refractivity contribution in [1.29, 1.82) is 0 Å². The SMILES string of the molecule is CNC(Cc1cccnc1)Cc1cc(C)cc(C)c1. The first-order valence-corrected chi connectivity index (χ1v) is 6.80. The fraction of sp³-hybridized carbons (Fsp3) is 0.353. The van der Waals surface area contributed by atoms with Crippen molar-refractivity contribution in [3.05, 3.63) is 65.0 Å². The van der Waals surface area contributed by atoms with Crippen molar-refractivity contribution in [2.24, 2.45) is 0 Å². The summed E-state index contributed by atoms with van der Waals surface area (Å²) in [5, 5.41) is 3.41. The molecule has 1 N–H and O–H groups in total. The van der Waals surface area contributed by atoms with Gasteiger partial charge in [-0.2, -0.15) is 0 Å². The summed E-state index contributed by atoms with van der Waals surface area (Å²) in [5.74, 6) is 0. The minimum Gasteiger partial charge on any atom is -0.316 e. The maximum absolute atomic E-state index is 4.18. The summed E-state index contributed by atoms with van der Waals surface area (Å²) in [5.41, 5.74) is 5.37. The number of aryl methyl sites for hydroxylation is 2. The van der Waals surface area contributed by atoms with Crippen LogP contribution in [-0.2, 0) is 12.8 Å². The molecule has 0 aliphatic rings. The average Bonchev–Trinajstić information content (AvgIpc) is 2.38. The first-order valence-electron chi connectivity index (χ1n) is 6.80. The zero-order valence-electron chi connectivity index (χ0n) is 12.0. The number of nitrogens with zero attached hydrogens (tertiary/aromatic N) is 1. The molecule has 1 aromatic carbocycles. The Bertz CT molecular complexity index is 500. The number of likely N-dealkylation sites (N-methyl/N-ethyl adjacent to an activating group) is 1. The van der Waals surface area contributed by atoms with Crippen LogP contribution in [0.15, 0.2) is 42.7 Å². The normalized spacial score (nSPS) is 12.4. The van der Waals surface area contributed by atoms with Gasteiger partial charge in [-0.3, -0.25) is 4.98 Å². The van der Waals surface area contributed by atoms with E-state index in [2.05, 4.69) is 48.4 Å². The van der Waals surface area contributed by atoms with E-state index >= 15 is 0 Å². The lowest BCUT2D eigenvalue weighted by atomic mass is 9.97. The summed E-state index contributed by atoms with van der Waals surface area (Å²) in [4.78, 5) is 4.18. The highest BCUT2D eigenvalue weighted by Crippen LogP contribution is 2.13. The second-order valence-electron chi connectivity index (χ2n) is 5.25. The molecule has 0 radical (unpaired) electrons. The van der Waals surface area contributed by atoms with Gasteiger partial charge in [0.1, 0.15) is 0 Å². The van der Waals surface area contributed by atoms with E-state index < -0.39 is 0 Å². The molecule has 1 unspecified atom stereocenters. The molecule has 0 bridgehead atoms. The van der Waals surface area contributed by atoms with E-state index in [1.54, 1.807) is 0 Å². The number of aromatic nitrogens is 1. The highest BCUT2D eigenvalue weighted by Gasteiger charge is 2.09. The van der Waals surface area contributed by atoms with E-state index in [9.17, 15) is 0 Å². The van der Waals surface area contributed by atoms with E-state index in [1.807, 2.05) is 25.5 Å². The fourth-order valence-electron chi connectivity index (χ4n) is 2.55. The lowest BCUT2D eigenvalue weighted by Crippen LogP contribution is -2.30. The van der Waals surface area contributed by atoms with Crippen molar-refractivity contribution in [3.8, 4) is 0 Å². The van der Waals surface area contributed by atoms with E-state index in [1.165, 1.54) is 22.3 Å². The van der Waals surface area contributed by atoms with Crippen molar-refractivity contribution in [2.75, 3.05) is 7.05 Å². The fourth-order valence-corrected chi connectivity index (χ4v) is 2.55. The molecule has 0 spiro atoms. The van der Waals surface area contributed by atoms with Gasteiger partial charge in [-0.05, 0) is 50.9 Å². The lowest BCUT2D eigenvalue weighted by molar-refractivity contribution is 0.555. The van der Waals surface area contributed by atoms with Crippen LogP contribution < -0.4 is 5.32 Å². The second kappa shape index (κ2) is 6.48. The molecule has 2 rings (SSSR count). The van der Waals surface area contributed by atoms with Crippen molar-refractivity contribution in [3.63, 3.8) is 0 Å². The summed E-state index contributed by atoms with van der Waals surface area (Å²) in [7, 11) is 2.03. The topological polar surface area (TPSA) is 24.9 Å². The van der Waals surface area contributed by atoms with Gasteiger partial charge in [-0.25, -0.2) is 0 Å².